The molecule has 2 aromatic carbocycles. The number of nitrogens with one attached hydrogen (secondary N) is 1. The average molecular weight is 291 g/mol. The van der Waals surface area contributed by atoms with Crippen LogP contribution in [0.2, 0.25) is 0 Å². The van der Waals surface area contributed by atoms with Crippen molar-refractivity contribution in [1.82, 2.24) is 0 Å². The van der Waals surface area contributed by atoms with Gasteiger partial charge in [-0.25, -0.2) is 13.6 Å². The number of hydrogen-bond acceptors (Lipinski definition) is 4. The smallest absolute Gasteiger partial charge is 0.240 e. The molecule has 2 rings (SSSR count). The van der Waals surface area contributed by atoms with Gasteiger partial charge in [0.25, 0.3) is 0 Å². The molecule has 0 aromatic heterocycles. The number of benzene rings is 2. The van der Waals surface area contributed by atoms with Gasteiger partial charge in [-0.1, -0.05) is 18.2 Å². The van der Waals surface area contributed by atoms with Gasteiger partial charge in [0.15, 0.2) is 0 Å². The number of nitrogen functional groups attached to an aromatic ring is 1. The number of primary sulfonamides is 1. The lowest BCUT2D eigenvalue weighted by molar-refractivity contribution is 0.598. The van der Waals surface area contributed by atoms with Crippen LogP contribution in [0.25, 0.3) is 0 Å². The first-order valence-corrected chi connectivity index (χ1v) is 7.60. The molecule has 0 bridgehead atoms. The summed E-state index contributed by atoms with van der Waals surface area (Å²) in [6, 6.07) is 10.5. The van der Waals surface area contributed by atoms with Crippen molar-refractivity contribution in [3.8, 4) is 0 Å². The Labute approximate surface area is 118 Å². The fraction of sp³-hybridized carbons (Fsp3) is 0.143. The summed E-state index contributed by atoms with van der Waals surface area (Å²) in [4.78, 5) is -0.0761. The third-order valence-corrected chi connectivity index (χ3v) is 4.22. The number of nitrogens with two attached hydrogens (primary N) is 2. The van der Waals surface area contributed by atoms with Crippen LogP contribution in [0.5, 0.6) is 0 Å². The Bertz CT molecular complexity index is 755. The molecule has 0 aliphatic rings. The quantitative estimate of drug-likeness (QED) is 0.755. The average Bonchev–Trinajstić information content (AvgIpc) is 2.36. The number of hydrogen-bond donors (Lipinski definition) is 3. The van der Waals surface area contributed by atoms with E-state index in [4.69, 9.17) is 10.9 Å². The Morgan fingerprint density at radius 1 is 1.00 bits per heavy atom. The molecule has 0 unspecified atom stereocenters. The van der Waals surface area contributed by atoms with Crippen molar-refractivity contribution >= 4 is 27.1 Å². The highest BCUT2D eigenvalue weighted by molar-refractivity contribution is 7.89. The molecule has 0 aliphatic heterocycles. The summed E-state index contributed by atoms with van der Waals surface area (Å²) in [5, 5.41) is 8.29. The first-order valence-electron chi connectivity index (χ1n) is 6.05. The fourth-order valence-corrected chi connectivity index (χ4v) is 2.62. The van der Waals surface area contributed by atoms with E-state index in [1.807, 2.05) is 32.0 Å². The van der Waals surface area contributed by atoms with Gasteiger partial charge >= 0.3 is 0 Å². The Kier molecular flexibility index (Phi) is 3.69. The van der Waals surface area contributed by atoms with Crippen LogP contribution in [0, 0.1) is 13.8 Å². The molecular weight excluding hydrogens is 274 g/mol. The molecule has 20 heavy (non-hydrogen) atoms. The molecule has 0 heterocycles. The van der Waals surface area contributed by atoms with E-state index in [-0.39, 0.29) is 10.6 Å². The highest BCUT2D eigenvalue weighted by atomic mass is 32.2. The van der Waals surface area contributed by atoms with Crippen LogP contribution in [-0.2, 0) is 10.0 Å². The van der Waals surface area contributed by atoms with Crippen LogP contribution in [0.4, 0.5) is 17.1 Å². The molecular formula is C14H17N3O2S. The summed E-state index contributed by atoms with van der Waals surface area (Å²) in [5.74, 6) is 0. The molecule has 0 atom stereocenters. The van der Waals surface area contributed by atoms with Crippen molar-refractivity contribution in [1.29, 1.82) is 0 Å². The molecule has 0 saturated carbocycles. The predicted octanol–water partition coefficient (Wildman–Crippen LogP) is 2.28. The standard InChI is InChI=1S/C14H17N3O2S/c1-9-5-3-6-11(10(9)2)17-12-7-4-8-13(14(12)15)20(16,18)19/h3-8,17H,15H2,1-2H3,(H2,16,18,19). The maximum atomic E-state index is 11.4. The SMILES string of the molecule is Cc1cccc(Nc2cccc(S(N)(=O)=O)c2N)c1C. The van der Waals surface area contributed by atoms with E-state index in [1.54, 1.807) is 12.1 Å². The van der Waals surface area contributed by atoms with E-state index >= 15 is 0 Å². The maximum Gasteiger partial charge on any atom is 0.240 e. The van der Waals surface area contributed by atoms with E-state index in [0.29, 0.717) is 5.69 Å². The molecule has 0 amide bonds. The van der Waals surface area contributed by atoms with Crippen LogP contribution in [-0.4, -0.2) is 8.42 Å². The van der Waals surface area contributed by atoms with Crippen LogP contribution in [0.3, 0.4) is 0 Å². The second-order valence-electron chi connectivity index (χ2n) is 4.63. The second kappa shape index (κ2) is 5.15. The minimum absolute atomic E-state index is 0.0761. The number of aryl methyl sites for hydroxylation is 1. The molecule has 5 N–H and O–H groups in total. The minimum Gasteiger partial charge on any atom is -0.396 e. The van der Waals surface area contributed by atoms with Gasteiger partial charge in [0, 0.05) is 5.69 Å². The van der Waals surface area contributed by atoms with Gasteiger partial charge in [0.1, 0.15) is 4.90 Å². The van der Waals surface area contributed by atoms with Crippen molar-refractivity contribution in [2.45, 2.75) is 18.7 Å². The summed E-state index contributed by atoms with van der Waals surface area (Å²) in [6.07, 6.45) is 0. The molecule has 6 heteroatoms. The molecule has 0 spiro atoms. The number of rotatable bonds is 3. The largest absolute Gasteiger partial charge is 0.396 e. The Morgan fingerprint density at radius 2 is 1.60 bits per heavy atom. The molecule has 2 aromatic rings. The van der Waals surface area contributed by atoms with E-state index in [9.17, 15) is 8.42 Å². The number of sulfonamides is 1. The van der Waals surface area contributed by atoms with E-state index in [0.717, 1.165) is 16.8 Å². The normalized spacial score (nSPS) is 11.3. The van der Waals surface area contributed by atoms with Gasteiger partial charge in [-0.15, -0.1) is 0 Å². The molecule has 0 fully saturated rings. The van der Waals surface area contributed by atoms with Crippen LogP contribution >= 0.6 is 0 Å². The molecule has 0 saturated heterocycles. The Hall–Kier alpha value is -2.05. The van der Waals surface area contributed by atoms with Crippen molar-refractivity contribution in [2.24, 2.45) is 5.14 Å². The highest BCUT2D eigenvalue weighted by Crippen LogP contribution is 2.30. The van der Waals surface area contributed by atoms with Crippen LogP contribution in [0.15, 0.2) is 41.3 Å². The number of anilines is 3. The van der Waals surface area contributed by atoms with Crippen LogP contribution in [0.1, 0.15) is 11.1 Å². The van der Waals surface area contributed by atoms with Crippen LogP contribution < -0.4 is 16.2 Å². The molecule has 0 radical (unpaired) electrons. The summed E-state index contributed by atoms with van der Waals surface area (Å²) in [6.45, 7) is 3.99. The number of para-hydroxylation sites is 1. The highest BCUT2D eigenvalue weighted by Gasteiger charge is 2.15. The van der Waals surface area contributed by atoms with Crippen molar-refractivity contribution in [3.05, 3.63) is 47.5 Å². The van der Waals surface area contributed by atoms with Gasteiger partial charge in [0.05, 0.1) is 11.4 Å². The zero-order chi connectivity index (χ0) is 14.9. The third kappa shape index (κ3) is 2.76. The van der Waals surface area contributed by atoms with Gasteiger partial charge in [-0.2, -0.15) is 0 Å². The van der Waals surface area contributed by atoms with Gasteiger partial charge < -0.3 is 11.1 Å². The van der Waals surface area contributed by atoms with Gasteiger partial charge in [-0.05, 0) is 43.2 Å². The second-order valence-corrected chi connectivity index (χ2v) is 6.16. The first kappa shape index (κ1) is 14.4. The molecule has 0 aliphatic carbocycles. The van der Waals surface area contributed by atoms with Crippen molar-refractivity contribution < 1.29 is 8.42 Å². The fourth-order valence-electron chi connectivity index (χ4n) is 1.93. The first-order chi connectivity index (χ1) is 9.30. The monoisotopic (exact) mass is 291 g/mol. The summed E-state index contributed by atoms with van der Waals surface area (Å²) in [7, 11) is -3.83. The zero-order valence-corrected chi connectivity index (χ0v) is 12.2. The summed E-state index contributed by atoms with van der Waals surface area (Å²) >= 11 is 0. The lowest BCUT2D eigenvalue weighted by atomic mass is 10.1. The van der Waals surface area contributed by atoms with Gasteiger partial charge in [0.2, 0.25) is 10.0 Å². The Balaban J connectivity index is 2.48. The summed E-state index contributed by atoms with van der Waals surface area (Å²) in [5.41, 5.74) is 9.61. The van der Waals surface area contributed by atoms with Crippen molar-refractivity contribution in [3.63, 3.8) is 0 Å². The maximum absolute atomic E-state index is 11.4. The van der Waals surface area contributed by atoms with Crippen molar-refractivity contribution in [2.75, 3.05) is 11.1 Å². The lowest BCUT2D eigenvalue weighted by Crippen LogP contribution is -2.15. The minimum atomic E-state index is -3.83. The third-order valence-electron chi connectivity index (χ3n) is 3.25. The predicted molar refractivity (Wildman–Crippen MR) is 81.4 cm³/mol. The lowest BCUT2D eigenvalue weighted by Gasteiger charge is -2.14. The zero-order valence-electron chi connectivity index (χ0n) is 11.3. The van der Waals surface area contributed by atoms with Gasteiger partial charge in [-0.3, -0.25) is 0 Å². The summed E-state index contributed by atoms with van der Waals surface area (Å²) < 4.78 is 22.9. The Morgan fingerprint density at radius 3 is 2.25 bits per heavy atom. The topological polar surface area (TPSA) is 98.2 Å². The molecule has 5 nitrogen and oxygen atoms in total. The van der Waals surface area contributed by atoms with E-state index in [2.05, 4.69) is 5.32 Å². The van der Waals surface area contributed by atoms with E-state index in [1.165, 1.54) is 6.07 Å². The molecule has 106 valence electrons. The van der Waals surface area contributed by atoms with E-state index < -0.39 is 10.0 Å².